The van der Waals surface area contributed by atoms with Crippen molar-refractivity contribution < 1.29 is 0 Å². The number of nitrogens with one attached hydrogen (secondary N) is 1. The van der Waals surface area contributed by atoms with Gasteiger partial charge in [0, 0.05) is 5.88 Å². The van der Waals surface area contributed by atoms with Crippen LogP contribution < -0.4 is 0 Å². The lowest BCUT2D eigenvalue weighted by Crippen LogP contribution is -1.76. The van der Waals surface area contributed by atoms with Gasteiger partial charge in [-0.15, -0.1) is 16.7 Å². The van der Waals surface area contributed by atoms with E-state index in [1.54, 1.807) is 0 Å². The van der Waals surface area contributed by atoms with Crippen LogP contribution in [0.3, 0.4) is 0 Å². The van der Waals surface area contributed by atoms with Crippen LogP contribution in [0.1, 0.15) is 5.56 Å². The van der Waals surface area contributed by atoms with Crippen molar-refractivity contribution in [3.8, 4) is 0 Å². The lowest BCUT2D eigenvalue weighted by Gasteiger charge is -1.91. The summed E-state index contributed by atoms with van der Waals surface area (Å²) in [4.78, 5) is 0. The first-order valence-electron chi connectivity index (χ1n) is 3.26. The topological polar surface area (TPSA) is 41.6 Å². The summed E-state index contributed by atoms with van der Waals surface area (Å²) in [6.45, 7) is 0. The quantitative estimate of drug-likeness (QED) is 0.657. The Morgan fingerprint density at radius 2 is 2.36 bits per heavy atom. The van der Waals surface area contributed by atoms with Gasteiger partial charge in [0.05, 0.1) is 5.52 Å². The zero-order valence-corrected chi connectivity index (χ0v) is 6.47. The van der Waals surface area contributed by atoms with Gasteiger partial charge in [-0.1, -0.05) is 11.3 Å². The van der Waals surface area contributed by atoms with E-state index in [0.29, 0.717) is 5.88 Å². The number of fused-ring (bicyclic) bond motifs is 1. The Morgan fingerprint density at radius 1 is 1.45 bits per heavy atom. The van der Waals surface area contributed by atoms with Crippen molar-refractivity contribution >= 4 is 22.6 Å². The number of hydrogen-bond acceptors (Lipinski definition) is 2. The summed E-state index contributed by atoms with van der Waals surface area (Å²) < 4.78 is 0. The summed E-state index contributed by atoms with van der Waals surface area (Å²) in [5.74, 6) is 0.523. The molecule has 3 nitrogen and oxygen atoms in total. The second-order valence-electron chi connectivity index (χ2n) is 2.30. The van der Waals surface area contributed by atoms with Gasteiger partial charge in [0.1, 0.15) is 5.52 Å². The molecule has 1 aromatic heterocycles. The number of hydrogen-bond donors (Lipinski definition) is 1. The maximum Gasteiger partial charge on any atom is 0.112 e. The predicted molar refractivity (Wildman–Crippen MR) is 43.4 cm³/mol. The Labute approximate surface area is 68.4 Å². The molecule has 1 aromatic carbocycles. The van der Waals surface area contributed by atoms with Gasteiger partial charge >= 0.3 is 0 Å². The van der Waals surface area contributed by atoms with Crippen LogP contribution in [0.5, 0.6) is 0 Å². The summed E-state index contributed by atoms with van der Waals surface area (Å²) in [5.41, 5.74) is 2.88. The number of rotatable bonds is 1. The molecule has 0 fully saturated rings. The molecule has 0 bridgehead atoms. The number of H-pyrrole nitrogens is 1. The molecule has 0 unspecified atom stereocenters. The van der Waals surface area contributed by atoms with Crippen LogP contribution in [-0.2, 0) is 5.88 Å². The van der Waals surface area contributed by atoms with Crippen molar-refractivity contribution in [2.24, 2.45) is 0 Å². The summed E-state index contributed by atoms with van der Waals surface area (Å²) in [7, 11) is 0. The summed E-state index contributed by atoms with van der Waals surface area (Å²) >= 11 is 5.64. The molecule has 0 amide bonds. The van der Waals surface area contributed by atoms with Crippen LogP contribution in [0.25, 0.3) is 11.0 Å². The van der Waals surface area contributed by atoms with E-state index in [2.05, 4.69) is 15.4 Å². The van der Waals surface area contributed by atoms with Gasteiger partial charge in [0.15, 0.2) is 0 Å². The average molecular weight is 168 g/mol. The highest BCUT2D eigenvalue weighted by atomic mass is 35.5. The third-order valence-electron chi connectivity index (χ3n) is 1.54. The summed E-state index contributed by atoms with van der Waals surface area (Å²) in [5, 5.41) is 10.3. The highest BCUT2D eigenvalue weighted by molar-refractivity contribution is 6.17. The number of halogens is 1. The Balaban J connectivity index is 2.67. The largest absolute Gasteiger partial charge is 0.258 e. The van der Waals surface area contributed by atoms with Crippen molar-refractivity contribution in [2.45, 2.75) is 5.88 Å². The van der Waals surface area contributed by atoms with Gasteiger partial charge in [-0.25, -0.2) is 0 Å². The van der Waals surface area contributed by atoms with E-state index in [4.69, 9.17) is 11.6 Å². The Bertz CT molecular complexity index is 368. The summed E-state index contributed by atoms with van der Waals surface area (Å²) in [6, 6.07) is 5.79. The minimum absolute atomic E-state index is 0.523. The third kappa shape index (κ3) is 1.07. The fourth-order valence-electron chi connectivity index (χ4n) is 0.976. The van der Waals surface area contributed by atoms with Gasteiger partial charge in [0.25, 0.3) is 0 Å². The van der Waals surface area contributed by atoms with E-state index in [-0.39, 0.29) is 0 Å². The number of nitrogens with zero attached hydrogens (tertiary/aromatic N) is 2. The standard InChI is InChI=1S/C7H6ClN3/c8-4-5-1-2-6-7(3-5)10-11-9-6/h1-3H,4H2,(H,9,10,11). The minimum atomic E-state index is 0.523. The molecule has 2 rings (SSSR count). The van der Waals surface area contributed by atoms with Crippen LogP contribution in [0.2, 0.25) is 0 Å². The second-order valence-corrected chi connectivity index (χ2v) is 2.56. The fourth-order valence-corrected chi connectivity index (χ4v) is 1.14. The highest BCUT2D eigenvalue weighted by Crippen LogP contribution is 2.11. The first-order chi connectivity index (χ1) is 5.40. The molecule has 0 aliphatic carbocycles. The van der Waals surface area contributed by atoms with E-state index < -0.39 is 0 Å². The monoisotopic (exact) mass is 167 g/mol. The van der Waals surface area contributed by atoms with Gasteiger partial charge in [-0.3, -0.25) is 5.10 Å². The second kappa shape index (κ2) is 2.51. The third-order valence-corrected chi connectivity index (χ3v) is 1.85. The molecule has 1 heterocycles. The number of aromatic nitrogens is 3. The van der Waals surface area contributed by atoms with E-state index in [1.807, 2.05) is 18.2 Å². The molecule has 2 aromatic rings. The Kier molecular flexibility index (Phi) is 1.51. The molecule has 4 heteroatoms. The molecule has 1 N–H and O–H groups in total. The maximum atomic E-state index is 5.64. The molecule has 0 spiro atoms. The molecule has 0 aliphatic rings. The molecule has 0 aliphatic heterocycles. The van der Waals surface area contributed by atoms with Crippen LogP contribution in [0, 0.1) is 0 Å². The number of alkyl halides is 1. The maximum absolute atomic E-state index is 5.64. The van der Waals surface area contributed by atoms with E-state index in [1.165, 1.54) is 0 Å². The van der Waals surface area contributed by atoms with Crippen LogP contribution in [-0.4, -0.2) is 15.4 Å². The lowest BCUT2D eigenvalue weighted by molar-refractivity contribution is 0.959. The molecule has 56 valence electrons. The van der Waals surface area contributed by atoms with Gasteiger partial charge in [-0.05, 0) is 17.7 Å². The molecular formula is C7H6ClN3. The first kappa shape index (κ1) is 6.61. The van der Waals surface area contributed by atoms with Gasteiger partial charge in [-0.2, -0.15) is 0 Å². The predicted octanol–water partition coefficient (Wildman–Crippen LogP) is 1.70. The molecule has 0 radical (unpaired) electrons. The number of benzene rings is 1. The Hall–Kier alpha value is -1.09. The van der Waals surface area contributed by atoms with E-state index in [0.717, 1.165) is 16.6 Å². The zero-order valence-electron chi connectivity index (χ0n) is 5.71. The SMILES string of the molecule is ClCc1ccc2nn[nH]c2c1. The van der Waals surface area contributed by atoms with Crippen molar-refractivity contribution in [2.75, 3.05) is 0 Å². The smallest absolute Gasteiger partial charge is 0.112 e. The molecule has 11 heavy (non-hydrogen) atoms. The first-order valence-corrected chi connectivity index (χ1v) is 3.79. The van der Waals surface area contributed by atoms with E-state index in [9.17, 15) is 0 Å². The van der Waals surface area contributed by atoms with Crippen LogP contribution in [0.15, 0.2) is 18.2 Å². The van der Waals surface area contributed by atoms with Crippen molar-refractivity contribution in [3.63, 3.8) is 0 Å². The minimum Gasteiger partial charge on any atom is -0.258 e. The van der Waals surface area contributed by atoms with Crippen molar-refractivity contribution in [1.82, 2.24) is 15.4 Å². The van der Waals surface area contributed by atoms with Crippen molar-refractivity contribution in [3.05, 3.63) is 23.8 Å². The average Bonchev–Trinajstić information content (AvgIpc) is 2.50. The molecule has 0 saturated carbocycles. The van der Waals surface area contributed by atoms with Crippen molar-refractivity contribution in [1.29, 1.82) is 0 Å². The summed E-state index contributed by atoms with van der Waals surface area (Å²) in [6.07, 6.45) is 0. The van der Waals surface area contributed by atoms with Crippen LogP contribution >= 0.6 is 11.6 Å². The Morgan fingerprint density at radius 3 is 3.18 bits per heavy atom. The molecule has 0 atom stereocenters. The van der Waals surface area contributed by atoms with Gasteiger partial charge in [0.2, 0.25) is 0 Å². The number of aromatic amines is 1. The lowest BCUT2D eigenvalue weighted by atomic mass is 10.2. The molecule has 0 saturated heterocycles. The van der Waals surface area contributed by atoms with Gasteiger partial charge < -0.3 is 0 Å². The molecular weight excluding hydrogens is 162 g/mol. The highest BCUT2D eigenvalue weighted by Gasteiger charge is 1.96. The normalized spacial score (nSPS) is 10.6. The van der Waals surface area contributed by atoms with Crippen LogP contribution in [0.4, 0.5) is 0 Å². The zero-order chi connectivity index (χ0) is 7.68. The van der Waals surface area contributed by atoms with E-state index >= 15 is 0 Å². The fraction of sp³-hybridized carbons (Fsp3) is 0.143.